The van der Waals surface area contributed by atoms with E-state index in [-0.39, 0.29) is 12.5 Å². The quantitative estimate of drug-likeness (QED) is 0.772. The van der Waals surface area contributed by atoms with Crippen molar-refractivity contribution in [3.63, 3.8) is 0 Å². The zero-order chi connectivity index (χ0) is 13.7. The molecule has 1 aromatic rings. The van der Waals surface area contributed by atoms with Crippen molar-refractivity contribution in [1.82, 2.24) is 15.5 Å². The third-order valence-electron chi connectivity index (χ3n) is 2.51. The summed E-state index contributed by atoms with van der Waals surface area (Å²) < 4.78 is 5.04. The smallest absolute Gasteiger partial charge is 0.320 e. The van der Waals surface area contributed by atoms with Crippen LogP contribution in [0.2, 0.25) is 0 Å². The van der Waals surface area contributed by atoms with Crippen molar-refractivity contribution in [2.24, 2.45) is 5.92 Å². The van der Waals surface area contributed by atoms with E-state index in [1.54, 1.807) is 0 Å². The average Bonchev–Trinajstić information content (AvgIpc) is 2.72. The maximum absolute atomic E-state index is 11.0. The molecule has 1 heterocycles. The molecule has 0 saturated carbocycles. The van der Waals surface area contributed by atoms with Crippen LogP contribution in [0.15, 0.2) is 4.52 Å². The topological polar surface area (TPSA) is 88.3 Å². The molecule has 0 spiro atoms. The predicted octanol–water partition coefficient (Wildman–Crippen LogP) is 1.78. The van der Waals surface area contributed by atoms with E-state index in [1.807, 2.05) is 27.7 Å². The maximum Gasteiger partial charge on any atom is 0.320 e. The molecule has 1 rings (SSSR count). The normalized spacial score (nSPS) is 13.2. The second-order valence-electron chi connectivity index (χ2n) is 5.10. The summed E-state index contributed by atoms with van der Waals surface area (Å²) in [6.45, 7) is 8.20. The minimum absolute atomic E-state index is 0.202. The number of hydrogen-bond donors (Lipinski definition) is 2. The van der Waals surface area contributed by atoms with Crippen LogP contribution in [-0.2, 0) is 11.3 Å². The van der Waals surface area contributed by atoms with Crippen LogP contribution in [0.1, 0.15) is 51.7 Å². The molecule has 6 nitrogen and oxygen atoms in total. The van der Waals surface area contributed by atoms with Crippen LogP contribution in [0, 0.1) is 5.92 Å². The second-order valence-corrected chi connectivity index (χ2v) is 5.10. The van der Waals surface area contributed by atoms with Crippen molar-refractivity contribution in [2.45, 2.75) is 52.6 Å². The summed E-state index contributed by atoms with van der Waals surface area (Å²) in [4.78, 5) is 15.2. The van der Waals surface area contributed by atoms with Crippen molar-refractivity contribution in [3.8, 4) is 0 Å². The standard InChI is InChI=1S/C12H21N3O3/c1-7(2)5-9(12(16)17)13-6-10-14-11(8(3)4)15-18-10/h7-9,13H,5-6H2,1-4H3,(H,16,17). The summed E-state index contributed by atoms with van der Waals surface area (Å²) in [5.41, 5.74) is 0. The lowest BCUT2D eigenvalue weighted by atomic mass is 10.0. The molecular formula is C12H21N3O3. The molecule has 1 unspecified atom stereocenters. The molecule has 6 heteroatoms. The molecule has 0 fully saturated rings. The number of aromatic nitrogens is 2. The Kier molecular flexibility index (Phi) is 5.27. The molecule has 0 aliphatic heterocycles. The number of hydrogen-bond acceptors (Lipinski definition) is 5. The molecule has 0 saturated heterocycles. The van der Waals surface area contributed by atoms with Gasteiger partial charge in [-0.2, -0.15) is 4.98 Å². The lowest BCUT2D eigenvalue weighted by molar-refractivity contribution is -0.140. The van der Waals surface area contributed by atoms with Gasteiger partial charge in [0.25, 0.3) is 0 Å². The highest BCUT2D eigenvalue weighted by Gasteiger charge is 2.19. The van der Waals surface area contributed by atoms with Crippen molar-refractivity contribution >= 4 is 5.97 Å². The third kappa shape index (κ3) is 4.44. The largest absolute Gasteiger partial charge is 0.480 e. The molecule has 0 aromatic carbocycles. The minimum Gasteiger partial charge on any atom is -0.480 e. The van der Waals surface area contributed by atoms with Gasteiger partial charge in [-0.1, -0.05) is 32.9 Å². The number of rotatable bonds is 7. The van der Waals surface area contributed by atoms with Gasteiger partial charge in [0, 0.05) is 5.92 Å². The van der Waals surface area contributed by atoms with Crippen molar-refractivity contribution in [2.75, 3.05) is 0 Å². The second kappa shape index (κ2) is 6.49. The lowest BCUT2D eigenvalue weighted by Crippen LogP contribution is -2.37. The summed E-state index contributed by atoms with van der Waals surface area (Å²) >= 11 is 0. The Balaban J connectivity index is 2.53. The molecule has 0 aliphatic carbocycles. The molecule has 1 aromatic heterocycles. The highest BCUT2D eigenvalue weighted by Crippen LogP contribution is 2.10. The molecule has 102 valence electrons. The lowest BCUT2D eigenvalue weighted by Gasteiger charge is -2.14. The first-order chi connectivity index (χ1) is 8.40. The summed E-state index contributed by atoms with van der Waals surface area (Å²) in [5.74, 6) is 0.726. The minimum atomic E-state index is -0.854. The number of aliphatic carboxylic acids is 1. The van der Waals surface area contributed by atoms with Gasteiger partial charge >= 0.3 is 5.97 Å². The summed E-state index contributed by atoms with van der Waals surface area (Å²) in [5, 5.41) is 15.8. The molecule has 2 N–H and O–H groups in total. The third-order valence-corrected chi connectivity index (χ3v) is 2.51. The number of carbonyl (C=O) groups is 1. The van der Waals surface area contributed by atoms with Crippen LogP contribution < -0.4 is 5.32 Å². The first-order valence-corrected chi connectivity index (χ1v) is 6.18. The fraction of sp³-hybridized carbons (Fsp3) is 0.750. The maximum atomic E-state index is 11.0. The molecule has 0 aliphatic rings. The van der Waals surface area contributed by atoms with E-state index in [4.69, 9.17) is 9.63 Å². The van der Waals surface area contributed by atoms with Crippen LogP contribution in [-0.4, -0.2) is 27.3 Å². The van der Waals surface area contributed by atoms with Gasteiger partial charge in [-0.25, -0.2) is 0 Å². The van der Waals surface area contributed by atoms with E-state index in [2.05, 4.69) is 15.5 Å². The van der Waals surface area contributed by atoms with Gasteiger partial charge in [0.15, 0.2) is 5.82 Å². The van der Waals surface area contributed by atoms with Gasteiger partial charge in [-0.05, 0) is 12.3 Å². The Labute approximate surface area is 107 Å². The number of nitrogens with zero attached hydrogens (tertiary/aromatic N) is 2. The first kappa shape index (κ1) is 14.6. The number of carboxylic acids is 1. The Hall–Kier alpha value is -1.43. The van der Waals surface area contributed by atoms with E-state index >= 15 is 0 Å². The molecular weight excluding hydrogens is 234 g/mol. The van der Waals surface area contributed by atoms with Crippen LogP contribution in [0.3, 0.4) is 0 Å². The van der Waals surface area contributed by atoms with E-state index in [0.717, 1.165) is 0 Å². The molecule has 1 atom stereocenters. The van der Waals surface area contributed by atoms with Gasteiger partial charge in [0.1, 0.15) is 6.04 Å². The fourth-order valence-corrected chi connectivity index (χ4v) is 1.53. The SMILES string of the molecule is CC(C)CC(NCc1nc(C(C)C)no1)C(=O)O. The fourth-order valence-electron chi connectivity index (χ4n) is 1.53. The van der Waals surface area contributed by atoms with Crippen LogP contribution in [0.25, 0.3) is 0 Å². The summed E-state index contributed by atoms with van der Waals surface area (Å²) in [6, 6.07) is -0.584. The van der Waals surface area contributed by atoms with Crippen molar-refractivity contribution < 1.29 is 14.4 Å². The summed E-state index contributed by atoms with van der Waals surface area (Å²) in [7, 11) is 0. The van der Waals surface area contributed by atoms with E-state index in [9.17, 15) is 4.79 Å². The van der Waals surface area contributed by atoms with Crippen LogP contribution >= 0.6 is 0 Å². The van der Waals surface area contributed by atoms with Gasteiger partial charge in [0.2, 0.25) is 5.89 Å². The molecule has 0 amide bonds. The zero-order valence-electron chi connectivity index (χ0n) is 11.3. The predicted molar refractivity (Wildman–Crippen MR) is 66.1 cm³/mol. The van der Waals surface area contributed by atoms with E-state index in [0.29, 0.717) is 24.1 Å². The molecule has 0 radical (unpaired) electrons. The van der Waals surface area contributed by atoms with Crippen molar-refractivity contribution in [1.29, 1.82) is 0 Å². The van der Waals surface area contributed by atoms with Gasteiger partial charge in [0.05, 0.1) is 6.54 Å². The Morgan fingerprint density at radius 2 is 2.06 bits per heavy atom. The zero-order valence-corrected chi connectivity index (χ0v) is 11.3. The number of carboxylic acid groups (broad SMARTS) is 1. The van der Waals surface area contributed by atoms with Crippen LogP contribution in [0.5, 0.6) is 0 Å². The van der Waals surface area contributed by atoms with Gasteiger partial charge < -0.3 is 9.63 Å². The van der Waals surface area contributed by atoms with Crippen molar-refractivity contribution in [3.05, 3.63) is 11.7 Å². The first-order valence-electron chi connectivity index (χ1n) is 6.18. The van der Waals surface area contributed by atoms with E-state index in [1.165, 1.54) is 0 Å². The van der Waals surface area contributed by atoms with Crippen LogP contribution in [0.4, 0.5) is 0 Å². The average molecular weight is 255 g/mol. The monoisotopic (exact) mass is 255 g/mol. The molecule has 18 heavy (non-hydrogen) atoms. The Morgan fingerprint density at radius 3 is 2.50 bits per heavy atom. The van der Waals surface area contributed by atoms with E-state index < -0.39 is 12.0 Å². The molecule has 0 bridgehead atoms. The van der Waals surface area contributed by atoms with Gasteiger partial charge in [-0.15, -0.1) is 0 Å². The highest BCUT2D eigenvalue weighted by atomic mass is 16.5. The summed E-state index contributed by atoms with van der Waals surface area (Å²) in [6.07, 6.45) is 0.570. The Bertz CT molecular complexity index is 388. The van der Waals surface area contributed by atoms with Gasteiger partial charge in [-0.3, -0.25) is 10.1 Å². The number of nitrogens with one attached hydrogen (secondary N) is 1. The highest BCUT2D eigenvalue weighted by molar-refractivity contribution is 5.73. The Morgan fingerprint density at radius 1 is 1.39 bits per heavy atom.